The number of halogens is 3. The van der Waals surface area contributed by atoms with E-state index in [1.165, 1.54) is 18.5 Å². The van der Waals surface area contributed by atoms with Gasteiger partial charge in [-0.3, -0.25) is 0 Å². The molecule has 1 heterocycles. The molecule has 1 aromatic heterocycles. The molecule has 0 saturated heterocycles. The predicted octanol–water partition coefficient (Wildman–Crippen LogP) is 3.78. The van der Waals surface area contributed by atoms with E-state index in [-0.39, 0.29) is 11.0 Å². The Hall–Kier alpha value is -1.20. The first-order valence-electron chi connectivity index (χ1n) is 4.35. The van der Waals surface area contributed by atoms with Crippen LogP contribution in [0.2, 0.25) is 5.15 Å². The number of hydrogen-bond acceptors (Lipinski definition) is 3. The van der Waals surface area contributed by atoms with Crippen molar-refractivity contribution in [2.45, 2.75) is 0 Å². The lowest BCUT2D eigenvalue weighted by Crippen LogP contribution is -1.96. The van der Waals surface area contributed by atoms with Gasteiger partial charge in [0, 0.05) is 18.1 Å². The number of aromatic nitrogens is 2. The number of rotatable bonds is 2. The van der Waals surface area contributed by atoms with E-state index in [2.05, 4.69) is 31.2 Å². The Labute approximate surface area is 105 Å². The van der Waals surface area contributed by atoms with E-state index >= 15 is 0 Å². The van der Waals surface area contributed by atoms with Gasteiger partial charge < -0.3 is 5.32 Å². The van der Waals surface area contributed by atoms with Crippen molar-refractivity contribution in [1.82, 2.24) is 9.97 Å². The average molecular weight is 303 g/mol. The Bertz CT molecular complexity index is 521. The number of anilines is 2. The van der Waals surface area contributed by atoms with E-state index in [9.17, 15) is 4.39 Å². The summed E-state index contributed by atoms with van der Waals surface area (Å²) < 4.78 is 13.6. The second-order valence-electron chi connectivity index (χ2n) is 2.95. The van der Waals surface area contributed by atoms with Gasteiger partial charge >= 0.3 is 0 Å². The largest absolute Gasteiger partial charge is 0.338 e. The van der Waals surface area contributed by atoms with Crippen molar-refractivity contribution in [1.29, 1.82) is 0 Å². The molecule has 16 heavy (non-hydrogen) atoms. The molecule has 0 aliphatic carbocycles. The molecule has 0 aliphatic rings. The maximum Gasteiger partial charge on any atom is 0.171 e. The minimum absolute atomic E-state index is 0.242. The standard InChI is InChI=1S/C10H6BrClFN3/c11-7-2-1-6(5-8(7)13)16-10-9(12)14-3-4-15-10/h1-5H,(H,15,16). The van der Waals surface area contributed by atoms with Gasteiger partial charge in [0.25, 0.3) is 0 Å². The molecular weight excluding hydrogens is 296 g/mol. The van der Waals surface area contributed by atoms with Crippen molar-refractivity contribution in [2.75, 3.05) is 5.32 Å². The second kappa shape index (κ2) is 4.76. The zero-order chi connectivity index (χ0) is 11.5. The molecule has 0 atom stereocenters. The highest BCUT2D eigenvalue weighted by atomic mass is 79.9. The number of nitrogens with one attached hydrogen (secondary N) is 1. The minimum atomic E-state index is -0.356. The van der Waals surface area contributed by atoms with Crippen molar-refractivity contribution in [3.8, 4) is 0 Å². The van der Waals surface area contributed by atoms with Crippen LogP contribution in [0.15, 0.2) is 35.1 Å². The van der Waals surface area contributed by atoms with E-state index in [0.717, 1.165) is 0 Å². The molecule has 0 radical (unpaired) electrons. The Balaban J connectivity index is 2.28. The summed E-state index contributed by atoms with van der Waals surface area (Å²) in [4.78, 5) is 7.84. The summed E-state index contributed by atoms with van der Waals surface area (Å²) in [6.07, 6.45) is 2.99. The molecule has 1 N–H and O–H groups in total. The normalized spacial score (nSPS) is 10.2. The Morgan fingerprint density at radius 1 is 1.25 bits per heavy atom. The highest BCUT2D eigenvalue weighted by molar-refractivity contribution is 9.10. The molecular formula is C10H6BrClFN3. The van der Waals surface area contributed by atoms with Crippen LogP contribution in [0.25, 0.3) is 0 Å². The molecule has 0 aliphatic heterocycles. The van der Waals surface area contributed by atoms with Crippen LogP contribution in [-0.4, -0.2) is 9.97 Å². The Morgan fingerprint density at radius 3 is 2.69 bits per heavy atom. The van der Waals surface area contributed by atoms with Crippen molar-refractivity contribution in [2.24, 2.45) is 0 Å². The van der Waals surface area contributed by atoms with Crippen LogP contribution >= 0.6 is 27.5 Å². The molecule has 3 nitrogen and oxygen atoms in total. The van der Waals surface area contributed by atoms with E-state index in [0.29, 0.717) is 16.0 Å². The highest BCUT2D eigenvalue weighted by Crippen LogP contribution is 2.24. The van der Waals surface area contributed by atoms with Gasteiger partial charge in [-0.1, -0.05) is 11.6 Å². The minimum Gasteiger partial charge on any atom is -0.338 e. The summed E-state index contributed by atoms with van der Waals surface area (Å²) in [5, 5.41) is 3.12. The molecule has 0 bridgehead atoms. The number of nitrogens with zero attached hydrogens (tertiary/aromatic N) is 2. The summed E-state index contributed by atoms with van der Waals surface area (Å²) in [5.41, 5.74) is 0.558. The SMILES string of the molecule is Fc1cc(Nc2nccnc2Cl)ccc1Br. The van der Waals surface area contributed by atoms with Crippen LogP contribution in [-0.2, 0) is 0 Å². The van der Waals surface area contributed by atoms with Gasteiger partial charge in [0.2, 0.25) is 0 Å². The third-order valence-electron chi connectivity index (χ3n) is 1.84. The third-order valence-corrected chi connectivity index (χ3v) is 2.76. The fourth-order valence-electron chi connectivity index (χ4n) is 1.12. The lowest BCUT2D eigenvalue weighted by molar-refractivity contribution is 0.622. The summed E-state index contributed by atoms with van der Waals surface area (Å²) in [6, 6.07) is 4.65. The lowest BCUT2D eigenvalue weighted by Gasteiger charge is -2.06. The van der Waals surface area contributed by atoms with E-state index in [1.54, 1.807) is 12.1 Å². The Morgan fingerprint density at radius 2 is 2.00 bits per heavy atom. The summed E-state index contributed by atoms with van der Waals surface area (Å²) >= 11 is 8.88. The monoisotopic (exact) mass is 301 g/mol. The maximum absolute atomic E-state index is 13.2. The van der Waals surface area contributed by atoms with Crippen molar-refractivity contribution in [3.05, 3.63) is 46.0 Å². The summed E-state index contributed by atoms with van der Waals surface area (Å²) in [6.45, 7) is 0. The topological polar surface area (TPSA) is 37.8 Å². The maximum atomic E-state index is 13.2. The Kier molecular flexibility index (Phi) is 3.36. The molecule has 2 rings (SSSR count). The van der Waals surface area contributed by atoms with Crippen LogP contribution in [0.5, 0.6) is 0 Å². The molecule has 0 fully saturated rings. The number of benzene rings is 1. The summed E-state index contributed by atoms with van der Waals surface area (Å²) in [7, 11) is 0. The molecule has 0 saturated carbocycles. The van der Waals surface area contributed by atoms with Crippen LogP contribution in [0.3, 0.4) is 0 Å². The smallest absolute Gasteiger partial charge is 0.171 e. The van der Waals surface area contributed by atoms with E-state index in [1.807, 2.05) is 0 Å². The average Bonchev–Trinajstić information content (AvgIpc) is 2.27. The molecule has 82 valence electrons. The van der Waals surface area contributed by atoms with Gasteiger partial charge in [-0.25, -0.2) is 14.4 Å². The quantitative estimate of drug-likeness (QED) is 0.917. The molecule has 0 amide bonds. The third kappa shape index (κ3) is 2.48. The number of hydrogen-bond donors (Lipinski definition) is 1. The zero-order valence-electron chi connectivity index (χ0n) is 7.92. The van der Waals surface area contributed by atoms with Gasteiger partial charge in [0.05, 0.1) is 4.47 Å². The van der Waals surface area contributed by atoms with E-state index < -0.39 is 0 Å². The van der Waals surface area contributed by atoms with Crippen molar-refractivity contribution >= 4 is 39.0 Å². The lowest BCUT2D eigenvalue weighted by atomic mass is 10.3. The van der Waals surface area contributed by atoms with Gasteiger partial charge in [-0.2, -0.15) is 0 Å². The highest BCUT2D eigenvalue weighted by Gasteiger charge is 2.04. The van der Waals surface area contributed by atoms with E-state index in [4.69, 9.17) is 11.6 Å². The molecule has 0 unspecified atom stereocenters. The molecule has 6 heteroatoms. The van der Waals surface area contributed by atoms with Gasteiger partial charge in [-0.15, -0.1) is 0 Å². The fraction of sp³-hybridized carbons (Fsp3) is 0. The first-order chi connectivity index (χ1) is 7.66. The zero-order valence-corrected chi connectivity index (χ0v) is 10.3. The van der Waals surface area contributed by atoms with Gasteiger partial charge in [-0.05, 0) is 34.1 Å². The first kappa shape index (κ1) is 11.3. The van der Waals surface area contributed by atoms with Crippen molar-refractivity contribution in [3.63, 3.8) is 0 Å². The fourth-order valence-corrected chi connectivity index (χ4v) is 1.51. The molecule has 1 aromatic carbocycles. The van der Waals surface area contributed by atoms with Crippen LogP contribution in [0.1, 0.15) is 0 Å². The predicted molar refractivity (Wildman–Crippen MR) is 64.4 cm³/mol. The van der Waals surface area contributed by atoms with Crippen LogP contribution < -0.4 is 5.32 Å². The van der Waals surface area contributed by atoms with Crippen LogP contribution in [0.4, 0.5) is 15.9 Å². The molecule has 2 aromatic rings. The van der Waals surface area contributed by atoms with Crippen LogP contribution in [0, 0.1) is 5.82 Å². The van der Waals surface area contributed by atoms with Gasteiger partial charge in [0.15, 0.2) is 11.0 Å². The van der Waals surface area contributed by atoms with Gasteiger partial charge in [0.1, 0.15) is 5.82 Å². The van der Waals surface area contributed by atoms with Crippen molar-refractivity contribution < 1.29 is 4.39 Å². The molecule has 0 spiro atoms. The second-order valence-corrected chi connectivity index (χ2v) is 4.16. The first-order valence-corrected chi connectivity index (χ1v) is 5.52. The summed E-state index contributed by atoms with van der Waals surface area (Å²) in [5.74, 6) is 0.0379.